The maximum atomic E-state index is 11.5. The lowest BCUT2D eigenvalue weighted by atomic mass is 10.2. The lowest BCUT2D eigenvalue weighted by Crippen LogP contribution is -2.06. The Kier molecular flexibility index (Phi) is 5.63. The van der Waals surface area contributed by atoms with Gasteiger partial charge in [0.05, 0.1) is 23.4 Å². The van der Waals surface area contributed by atoms with E-state index in [1.807, 2.05) is 0 Å². The highest BCUT2D eigenvalue weighted by atomic mass is 35.5. The summed E-state index contributed by atoms with van der Waals surface area (Å²) in [5.74, 6) is 0.368. The van der Waals surface area contributed by atoms with Crippen LogP contribution < -0.4 is 16.4 Å². The van der Waals surface area contributed by atoms with Crippen LogP contribution in [-0.4, -0.2) is 23.0 Å². The molecule has 0 spiro atoms. The zero-order valence-electron chi connectivity index (χ0n) is 14.2. The van der Waals surface area contributed by atoms with E-state index in [4.69, 9.17) is 28.9 Å². The van der Waals surface area contributed by atoms with Gasteiger partial charge in [-0.1, -0.05) is 23.2 Å². The number of methoxy groups -OCH3 is 1. The van der Waals surface area contributed by atoms with Gasteiger partial charge >= 0.3 is 5.97 Å². The molecule has 138 valence electrons. The second-order valence-corrected chi connectivity index (χ2v) is 6.27. The first-order valence-electron chi connectivity index (χ1n) is 7.76. The number of nitrogen functional groups attached to an aromatic ring is 1. The lowest BCUT2D eigenvalue weighted by molar-refractivity contribution is 0.0601. The van der Waals surface area contributed by atoms with Crippen LogP contribution in [0.4, 0.5) is 28.7 Å². The molecule has 0 amide bonds. The number of anilines is 5. The number of halogens is 2. The fourth-order valence-electron chi connectivity index (χ4n) is 2.26. The number of nitrogens with two attached hydrogens (primary N) is 1. The number of benzene rings is 2. The molecule has 3 rings (SSSR count). The van der Waals surface area contributed by atoms with Crippen LogP contribution in [0.1, 0.15) is 10.4 Å². The van der Waals surface area contributed by atoms with E-state index in [-0.39, 0.29) is 0 Å². The Morgan fingerprint density at radius 3 is 2.37 bits per heavy atom. The number of nitrogens with one attached hydrogen (secondary N) is 2. The van der Waals surface area contributed by atoms with Crippen LogP contribution in [-0.2, 0) is 4.74 Å². The van der Waals surface area contributed by atoms with Crippen molar-refractivity contribution in [3.8, 4) is 0 Å². The van der Waals surface area contributed by atoms with Crippen LogP contribution in [0.5, 0.6) is 0 Å². The predicted molar refractivity (Wildman–Crippen MR) is 107 cm³/mol. The third-order valence-corrected chi connectivity index (χ3v) is 4.20. The number of carbonyl (C=O) groups is 1. The number of carbonyl (C=O) groups excluding carboxylic acids is 1. The minimum atomic E-state index is -0.409. The molecule has 1 heterocycles. The number of nitrogens with zero attached hydrogens (tertiary/aromatic N) is 2. The predicted octanol–water partition coefficient (Wildman–Crippen LogP) is 4.64. The van der Waals surface area contributed by atoms with Crippen LogP contribution in [0.2, 0.25) is 10.0 Å². The van der Waals surface area contributed by atoms with Crippen molar-refractivity contribution in [2.24, 2.45) is 0 Å². The Morgan fingerprint density at radius 1 is 1.04 bits per heavy atom. The maximum absolute atomic E-state index is 11.5. The summed E-state index contributed by atoms with van der Waals surface area (Å²) in [7, 11) is 1.33. The van der Waals surface area contributed by atoms with Crippen LogP contribution in [0.15, 0.2) is 48.8 Å². The molecule has 3 aromatic rings. The molecule has 0 aliphatic carbocycles. The fraction of sp³-hybridized carbons (Fsp3) is 0.0556. The van der Waals surface area contributed by atoms with E-state index in [1.165, 1.54) is 13.4 Å². The highest BCUT2D eigenvalue weighted by Gasteiger charge is 2.11. The molecule has 7 nitrogen and oxygen atoms in total. The normalized spacial score (nSPS) is 10.3. The van der Waals surface area contributed by atoms with Gasteiger partial charge in [0.1, 0.15) is 12.0 Å². The molecule has 2 aromatic carbocycles. The minimum absolute atomic E-state index is 0.297. The lowest BCUT2D eigenvalue weighted by Gasteiger charge is -2.13. The third kappa shape index (κ3) is 4.39. The fourth-order valence-corrected chi connectivity index (χ4v) is 2.60. The molecular weight excluding hydrogens is 389 g/mol. The molecule has 0 unspecified atom stereocenters. The zero-order valence-corrected chi connectivity index (χ0v) is 15.7. The molecule has 0 saturated carbocycles. The van der Waals surface area contributed by atoms with E-state index in [2.05, 4.69) is 25.3 Å². The first kappa shape index (κ1) is 18.8. The molecule has 1 aromatic heterocycles. The van der Waals surface area contributed by atoms with Crippen molar-refractivity contribution in [1.29, 1.82) is 0 Å². The average Bonchev–Trinajstić information content (AvgIpc) is 2.67. The van der Waals surface area contributed by atoms with Gasteiger partial charge in [-0.05, 0) is 42.5 Å². The molecular formula is C18H15Cl2N5O2. The number of aromatic nitrogens is 2. The summed E-state index contributed by atoms with van der Waals surface area (Å²) < 4.78 is 4.68. The average molecular weight is 404 g/mol. The van der Waals surface area contributed by atoms with E-state index in [9.17, 15) is 4.79 Å². The van der Waals surface area contributed by atoms with E-state index < -0.39 is 5.97 Å². The molecule has 0 radical (unpaired) electrons. The number of hydrogen-bond acceptors (Lipinski definition) is 7. The minimum Gasteiger partial charge on any atom is -0.465 e. The number of ether oxygens (including phenoxy) is 1. The number of hydrogen-bond donors (Lipinski definition) is 3. The quantitative estimate of drug-likeness (QED) is 0.533. The number of rotatable bonds is 5. The Bertz CT molecular complexity index is 980. The summed E-state index contributed by atoms with van der Waals surface area (Å²) >= 11 is 12.2. The Morgan fingerprint density at radius 2 is 1.70 bits per heavy atom. The largest absolute Gasteiger partial charge is 0.465 e. The van der Waals surface area contributed by atoms with Crippen LogP contribution in [0.3, 0.4) is 0 Å². The Labute approximate surface area is 165 Å². The van der Waals surface area contributed by atoms with E-state index in [0.29, 0.717) is 44.3 Å². The molecule has 0 bridgehead atoms. The Balaban J connectivity index is 1.82. The van der Waals surface area contributed by atoms with Gasteiger partial charge in [-0.15, -0.1) is 0 Å². The van der Waals surface area contributed by atoms with Crippen LogP contribution in [0, 0.1) is 0 Å². The zero-order chi connectivity index (χ0) is 19.4. The molecule has 27 heavy (non-hydrogen) atoms. The van der Waals surface area contributed by atoms with Crippen molar-refractivity contribution >= 4 is 57.9 Å². The van der Waals surface area contributed by atoms with E-state index in [0.717, 1.165) is 0 Å². The highest BCUT2D eigenvalue weighted by Crippen LogP contribution is 2.32. The summed E-state index contributed by atoms with van der Waals surface area (Å²) in [5.41, 5.74) is 8.17. The van der Waals surface area contributed by atoms with Gasteiger partial charge in [-0.3, -0.25) is 0 Å². The van der Waals surface area contributed by atoms with Gasteiger partial charge in [0.15, 0.2) is 11.6 Å². The molecule has 4 N–H and O–H groups in total. The summed E-state index contributed by atoms with van der Waals surface area (Å²) in [6, 6.07) is 11.7. The maximum Gasteiger partial charge on any atom is 0.337 e. The molecule has 0 saturated heterocycles. The van der Waals surface area contributed by atoms with Crippen molar-refractivity contribution in [3.05, 3.63) is 64.4 Å². The molecule has 0 atom stereocenters. The van der Waals surface area contributed by atoms with E-state index in [1.54, 1.807) is 42.5 Å². The van der Waals surface area contributed by atoms with Gasteiger partial charge < -0.3 is 21.1 Å². The molecule has 0 aliphatic rings. The molecule has 0 fully saturated rings. The van der Waals surface area contributed by atoms with Crippen molar-refractivity contribution < 1.29 is 9.53 Å². The van der Waals surface area contributed by atoms with Crippen LogP contribution in [0.25, 0.3) is 0 Å². The first-order valence-corrected chi connectivity index (χ1v) is 8.51. The highest BCUT2D eigenvalue weighted by molar-refractivity contribution is 6.35. The third-order valence-electron chi connectivity index (χ3n) is 3.63. The van der Waals surface area contributed by atoms with Gasteiger partial charge in [0, 0.05) is 10.7 Å². The second kappa shape index (κ2) is 8.11. The van der Waals surface area contributed by atoms with Gasteiger partial charge in [0.2, 0.25) is 0 Å². The van der Waals surface area contributed by atoms with E-state index >= 15 is 0 Å². The van der Waals surface area contributed by atoms with Gasteiger partial charge in [0.25, 0.3) is 0 Å². The van der Waals surface area contributed by atoms with Gasteiger partial charge in [-0.25, -0.2) is 14.8 Å². The van der Waals surface area contributed by atoms with Crippen molar-refractivity contribution in [2.45, 2.75) is 0 Å². The standard InChI is InChI=1S/C18H15Cl2N5O2/c1-27-18(26)10-2-5-12(6-3-10)24-16-15(21)17(23-9-22-16)25-14-8-11(19)4-7-13(14)20/h2-9H,21H2,1H3,(H2,22,23,24,25). The van der Waals surface area contributed by atoms with Crippen molar-refractivity contribution in [3.63, 3.8) is 0 Å². The number of esters is 1. The SMILES string of the molecule is COC(=O)c1ccc(Nc2ncnc(Nc3cc(Cl)ccc3Cl)c2N)cc1. The van der Waals surface area contributed by atoms with Crippen molar-refractivity contribution in [2.75, 3.05) is 23.5 Å². The molecule has 9 heteroatoms. The topological polar surface area (TPSA) is 102 Å². The summed E-state index contributed by atoms with van der Waals surface area (Å²) in [6.07, 6.45) is 1.36. The summed E-state index contributed by atoms with van der Waals surface area (Å²) in [4.78, 5) is 19.8. The second-order valence-electron chi connectivity index (χ2n) is 5.43. The first-order chi connectivity index (χ1) is 13.0. The summed E-state index contributed by atoms with van der Waals surface area (Å²) in [6.45, 7) is 0. The van der Waals surface area contributed by atoms with Gasteiger partial charge in [-0.2, -0.15) is 0 Å². The monoisotopic (exact) mass is 403 g/mol. The van der Waals surface area contributed by atoms with Crippen LogP contribution >= 0.6 is 23.2 Å². The Hall–Kier alpha value is -3.03. The van der Waals surface area contributed by atoms with Crippen molar-refractivity contribution in [1.82, 2.24) is 9.97 Å². The molecule has 0 aliphatic heterocycles. The summed E-state index contributed by atoms with van der Waals surface area (Å²) in [5, 5.41) is 7.13. The smallest absolute Gasteiger partial charge is 0.337 e.